The highest BCUT2D eigenvalue weighted by atomic mass is 19.4. The van der Waals surface area contributed by atoms with E-state index >= 15 is 0 Å². The van der Waals surface area contributed by atoms with Crippen molar-refractivity contribution in [2.75, 3.05) is 5.32 Å². The highest BCUT2D eigenvalue weighted by molar-refractivity contribution is 6.13. The summed E-state index contributed by atoms with van der Waals surface area (Å²) >= 11 is 0. The summed E-state index contributed by atoms with van der Waals surface area (Å²) in [6.07, 6.45) is -1.13. The number of benzene rings is 2. The van der Waals surface area contributed by atoms with E-state index in [1.165, 1.54) is 24.5 Å². The molecule has 0 aliphatic carbocycles. The van der Waals surface area contributed by atoms with Crippen LogP contribution in [0.2, 0.25) is 0 Å². The monoisotopic (exact) mass is 550 g/mol. The van der Waals surface area contributed by atoms with E-state index in [2.05, 4.69) is 20.4 Å². The largest absolute Gasteiger partial charge is 0.416 e. The van der Waals surface area contributed by atoms with E-state index in [-0.39, 0.29) is 11.1 Å². The maximum absolute atomic E-state index is 13.7. The Labute approximate surface area is 228 Å². The second-order valence-corrected chi connectivity index (χ2v) is 10.6. The summed E-state index contributed by atoms with van der Waals surface area (Å²) in [6, 6.07) is 8.15. The number of nitrogens with zero attached hydrogens (tertiary/aromatic N) is 5. The number of aliphatic hydroxyl groups is 1. The zero-order chi connectivity index (χ0) is 29.1. The number of pyridine rings is 1. The van der Waals surface area contributed by atoms with Crippen molar-refractivity contribution in [1.82, 2.24) is 24.3 Å². The summed E-state index contributed by atoms with van der Waals surface area (Å²) in [5.41, 5.74) is 1.08. The van der Waals surface area contributed by atoms with E-state index in [1.54, 1.807) is 50.1 Å². The molecule has 3 aromatic heterocycles. The van der Waals surface area contributed by atoms with E-state index < -0.39 is 23.4 Å². The van der Waals surface area contributed by atoms with Gasteiger partial charge in [-0.2, -0.15) is 18.3 Å². The van der Waals surface area contributed by atoms with Crippen LogP contribution in [0.4, 0.5) is 19.0 Å². The van der Waals surface area contributed by atoms with Crippen molar-refractivity contribution in [2.45, 2.75) is 45.5 Å². The third kappa shape index (κ3) is 4.92. The molecule has 40 heavy (non-hydrogen) atoms. The minimum Gasteiger partial charge on any atom is -0.386 e. The van der Waals surface area contributed by atoms with Gasteiger partial charge in [-0.1, -0.05) is 6.07 Å². The first-order chi connectivity index (χ1) is 18.6. The number of aryl methyl sites for hydroxylation is 3. The van der Waals surface area contributed by atoms with Gasteiger partial charge in [0.25, 0.3) is 0 Å². The maximum atomic E-state index is 13.7. The summed E-state index contributed by atoms with van der Waals surface area (Å²) in [7, 11) is 3.49. The van der Waals surface area contributed by atoms with Crippen LogP contribution < -0.4 is 10.9 Å². The topological polar surface area (TPSA) is 97.9 Å². The summed E-state index contributed by atoms with van der Waals surface area (Å²) < 4.78 is 44.5. The molecular weight excluding hydrogens is 521 g/mol. The molecule has 0 saturated heterocycles. The summed E-state index contributed by atoms with van der Waals surface area (Å²) in [5.74, 6) is 0.914. The first-order valence-electron chi connectivity index (χ1n) is 12.6. The predicted octanol–water partition coefficient (Wildman–Crippen LogP) is 5.61. The molecule has 5 aromatic rings. The molecule has 208 valence electrons. The van der Waals surface area contributed by atoms with Crippen molar-refractivity contribution in [2.24, 2.45) is 14.1 Å². The van der Waals surface area contributed by atoms with Crippen LogP contribution in [0.3, 0.4) is 0 Å². The van der Waals surface area contributed by atoms with Crippen LogP contribution in [-0.2, 0) is 25.9 Å². The molecule has 3 heterocycles. The van der Waals surface area contributed by atoms with Crippen LogP contribution in [0.5, 0.6) is 0 Å². The van der Waals surface area contributed by atoms with Gasteiger partial charge < -0.3 is 15.0 Å². The lowest BCUT2D eigenvalue weighted by atomic mass is 9.92. The molecular formula is C29H29F3N6O2. The van der Waals surface area contributed by atoms with Crippen molar-refractivity contribution >= 4 is 27.6 Å². The molecule has 0 aliphatic rings. The Hall–Kier alpha value is -4.25. The van der Waals surface area contributed by atoms with Crippen molar-refractivity contribution in [3.8, 4) is 11.1 Å². The van der Waals surface area contributed by atoms with Gasteiger partial charge in [-0.25, -0.2) is 9.97 Å². The zero-order valence-electron chi connectivity index (χ0n) is 22.9. The minimum absolute atomic E-state index is 0.146. The Morgan fingerprint density at radius 1 is 1.00 bits per heavy atom. The third-order valence-electron chi connectivity index (χ3n) is 7.03. The van der Waals surface area contributed by atoms with Crippen LogP contribution in [0.1, 0.15) is 49.3 Å². The lowest BCUT2D eigenvalue weighted by Gasteiger charge is -2.24. The number of rotatable bonds is 5. The van der Waals surface area contributed by atoms with E-state index in [1.807, 2.05) is 13.1 Å². The molecule has 8 nitrogen and oxygen atoms in total. The fraction of sp³-hybridized carbons (Fsp3) is 0.310. The smallest absolute Gasteiger partial charge is 0.386 e. The van der Waals surface area contributed by atoms with Crippen LogP contribution in [0, 0.1) is 6.92 Å². The number of hydrogen-bond donors (Lipinski definition) is 2. The average molecular weight is 551 g/mol. The Morgan fingerprint density at radius 3 is 2.35 bits per heavy atom. The Balaban J connectivity index is 1.70. The molecule has 0 fully saturated rings. The first kappa shape index (κ1) is 27.3. The summed E-state index contributed by atoms with van der Waals surface area (Å²) in [4.78, 5) is 21.3. The average Bonchev–Trinajstić information content (AvgIpc) is 3.26. The van der Waals surface area contributed by atoms with Gasteiger partial charge in [0.2, 0.25) is 5.56 Å². The molecule has 5 rings (SSSR count). The van der Waals surface area contributed by atoms with Crippen LogP contribution >= 0.6 is 0 Å². The van der Waals surface area contributed by atoms with E-state index in [9.17, 15) is 23.1 Å². The second kappa shape index (κ2) is 9.44. The molecule has 0 amide bonds. The maximum Gasteiger partial charge on any atom is 0.416 e. The van der Waals surface area contributed by atoms with E-state index in [0.717, 1.165) is 34.2 Å². The summed E-state index contributed by atoms with van der Waals surface area (Å²) in [6.45, 7) is 6.38. The Bertz CT molecular complexity index is 1800. The van der Waals surface area contributed by atoms with Gasteiger partial charge in [-0.15, -0.1) is 0 Å². The number of hydrogen-bond acceptors (Lipinski definition) is 6. The molecule has 0 unspecified atom stereocenters. The van der Waals surface area contributed by atoms with Crippen LogP contribution in [-0.4, -0.2) is 29.4 Å². The number of halogens is 3. The van der Waals surface area contributed by atoms with Gasteiger partial charge >= 0.3 is 6.18 Å². The van der Waals surface area contributed by atoms with Crippen molar-refractivity contribution in [1.29, 1.82) is 0 Å². The molecule has 11 heteroatoms. The lowest BCUT2D eigenvalue weighted by molar-refractivity contribution is -0.137. The minimum atomic E-state index is -4.58. The van der Waals surface area contributed by atoms with Crippen molar-refractivity contribution in [3.63, 3.8) is 0 Å². The Kier molecular flexibility index (Phi) is 6.45. The van der Waals surface area contributed by atoms with Gasteiger partial charge in [0, 0.05) is 54.3 Å². The quantitative estimate of drug-likeness (QED) is 0.295. The molecule has 0 aliphatic heterocycles. The van der Waals surface area contributed by atoms with Gasteiger partial charge in [-0.3, -0.25) is 9.48 Å². The molecule has 2 aromatic carbocycles. The van der Waals surface area contributed by atoms with E-state index in [4.69, 9.17) is 0 Å². The number of anilines is 1. The highest BCUT2D eigenvalue weighted by Gasteiger charge is 2.33. The third-order valence-corrected chi connectivity index (χ3v) is 7.03. The molecule has 0 bridgehead atoms. The zero-order valence-corrected chi connectivity index (χ0v) is 22.9. The molecule has 0 radical (unpaired) electrons. The lowest BCUT2D eigenvalue weighted by Crippen LogP contribution is -2.19. The number of nitrogens with one attached hydrogen (secondary N) is 1. The van der Waals surface area contributed by atoms with Crippen molar-refractivity contribution in [3.05, 3.63) is 81.7 Å². The van der Waals surface area contributed by atoms with Gasteiger partial charge in [0.1, 0.15) is 11.6 Å². The van der Waals surface area contributed by atoms with Gasteiger partial charge in [0.05, 0.1) is 28.4 Å². The van der Waals surface area contributed by atoms with E-state index in [0.29, 0.717) is 28.1 Å². The number of alkyl halides is 3. The molecule has 0 saturated carbocycles. The number of aromatic nitrogens is 5. The normalized spacial score (nSPS) is 13.2. The number of fused-ring (bicyclic) bond motifs is 3. The van der Waals surface area contributed by atoms with Gasteiger partial charge in [-0.05, 0) is 63.1 Å². The molecule has 1 atom stereocenters. The fourth-order valence-corrected chi connectivity index (χ4v) is 4.86. The SMILES string of the molecule is Cc1nc(N[C@H](C)c2cc(C(C)(C)O)cc(C(F)(F)F)c2)c2cc(-c3ccc(=O)n(C)c3)c3c(cnn3C)c2n1. The highest BCUT2D eigenvalue weighted by Crippen LogP contribution is 2.38. The van der Waals surface area contributed by atoms with Crippen molar-refractivity contribution < 1.29 is 18.3 Å². The summed E-state index contributed by atoms with van der Waals surface area (Å²) in [5, 5.41) is 19.6. The standard InChI is InChI=1S/C29H29F3N6O2/c1-15(18-9-19(28(3,4)40)11-20(10-18)29(30,31)32)34-27-22-12-21(17-7-8-24(39)37(5)14-17)26-23(13-33-38(26)6)25(22)35-16(2)36-27/h7-15,40H,1-6H3,(H,34,35,36)/t15-/m1/s1. The van der Waals surface area contributed by atoms with Crippen LogP contribution in [0.15, 0.2) is 53.6 Å². The molecule has 2 N–H and O–H groups in total. The fourth-order valence-electron chi connectivity index (χ4n) is 4.86. The molecule has 0 spiro atoms. The Morgan fingerprint density at radius 2 is 1.70 bits per heavy atom. The second-order valence-electron chi connectivity index (χ2n) is 10.6. The predicted molar refractivity (Wildman–Crippen MR) is 148 cm³/mol. The van der Waals surface area contributed by atoms with Gasteiger partial charge in [0.15, 0.2) is 0 Å². The first-order valence-corrected chi connectivity index (χ1v) is 12.6. The van der Waals surface area contributed by atoms with Crippen LogP contribution in [0.25, 0.3) is 32.9 Å².